The van der Waals surface area contributed by atoms with Crippen LogP contribution in [0.3, 0.4) is 0 Å². The molecular weight excluding hydrogens is 486 g/mol. The second kappa shape index (κ2) is 10.4. The van der Waals surface area contributed by atoms with Crippen molar-refractivity contribution in [1.82, 2.24) is 15.1 Å². The maximum absolute atomic E-state index is 12.8. The average molecular weight is 510 g/mol. The molecule has 0 atom stereocenters. The van der Waals surface area contributed by atoms with E-state index in [-0.39, 0.29) is 17.5 Å². The van der Waals surface area contributed by atoms with Gasteiger partial charge in [0.15, 0.2) is 11.5 Å². The molecule has 0 aliphatic rings. The number of hydrogen-bond acceptors (Lipinski definition) is 9. The maximum atomic E-state index is 12.8. The first-order valence-electron chi connectivity index (χ1n) is 10.7. The smallest absolute Gasteiger partial charge is 0.264 e. The van der Waals surface area contributed by atoms with Crippen LogP contribution in [0.5, 0.6) is 11.5 Å². The molecule has 0 bridgehead atoms. The fraction of sp³-hybridized carbons (Fsp3) is 0.167. The minimum Gasteiger partial charge on any atom is -0.493 e. The first-order chi connectivity index (χ1) is 17.3. The second-order valence-corrected chi connectivity index (χ2v) is 9.30. The number of benzene rings is 2. The largest absolute Gasteiger partial charge is 0.493 e. The Labute approximate surface area is 207 Å². The SMILES string of the molecule is COc1cc(C(=O)Nc2ccc(S(=O)(=O)Nc3ncccn3)cc2)ccc1OCc1c(C)noc1C. The third kappa shape index (κ3) is 5.61. The van der Waals surface area contributed by atoms with E-state index in [0.29, 0.717) is 28.5 Å². The number of nitrogens with one attached hydrogen (secondary N) is 2. The van der Waals surface area contributed by atoms with Crippen molar-refractivity contribution in [2.45, 2.75) is 25.3 Å². The molecule has 4 aromatic rings. The van der Waals surface area contributed by atoms with Crippen molar-refractivity contribution in [2.24, 2.45) is 0 Å². The maximum Gasteiger partial charge on any atom is 0.264 e. The Morgan fingerprint density at radius 2 is 1.75 bits per heavy atom. The van der Waals surface area contributed by atoms with Gasteiger partial charge in [0.05, 0.1) is 23.3 Å². The zero-order chi connectivity index (χ0) is 25.7. The van der Waals surface area contributed by atoms with Crippen molar-refractivity contribution in [3.63, 3.8) is 0 Å². The molecule has 12 heteroatoms. The average Bonchev–Trinajstić information content (AvgIpc) is 3.20. The van der Waals surface area contributed by atoms with E-state index in [1.807, 2.05) is 6.92 Å². The predicted octanol–water partition coefficient (Wildman–Crippen LogP) is 3.72. The third-order valence-corrected chi connectivity index (χ3v) is 6.54. The Balaban J connectivity index is 1.42. The highest BCUT2D eigenvalue weighted by molar-refractivity contribution is 7.92. The van der Waals surface area contributed by atoms with Gasteiger partial charge in [-0.25, -0.2) is 23.1 Å². The molecule has 186 valence electrons. The van der Waals surface area contributed by atoms with Gasteiger partial charge in [0.25, 0.3) is 15.9 Å². The lowest BCUT2D eigenvalue weighted by Gasteiger charge is -2.12. The first kappa shape index (κ1) is 24.7. The van der Waals surface area contributed by atoms with E-state index in [1.165, 1.54) is 43.8 Å². The van der Waals surface area contributed by atoms with Crippen molar-refractivity contribution < 1.29 is 27.2 Å². The summed E-state index contributed by atoms with van der Waals surface area (Å²) >= 11 is 0. The highest BCUT2D eigenvalue weighted by atomic mass is 32.2. The monoisotopic (exact) mass is 509 g/mol. The van der Waals surface area contributed by atoms with Gasteiger partial charge in [0.1, 0.15) is 12.4 Å². The number of aryl methyl sites for hydroxylation is 2. The molecular formula is C24H23N5O6S. The molecule has 2 aromatic carbocycles. The number of carbonyl (C=O) groups is 1. The van der Waals surface area contributed by atoms with Crippen LogP contribution in [-0.4, -0.2) is 36.6 Å². The van der Waals surface area contributed by atoms with Gasteiger partial charge in [-0.2, -0.15) is 0 Å². The van der Waals surface area contributed by atoms with Crippen LogP contribution in [0, 0.1) is 13.8 Å². The predicted molar refractivity (Wildman–Crippen MR) is 131 cm³/mol. The number of aromatic nitrogens is 3. The van der Waals surface area contributed by atoms with Gasteiger partial charge >= 0.3 is 0 Å². The van der Waals surface area contributed by atoms with Gasteiger partial charge in [-0.05, 0) is 62.4 Å². The number of methoxy groups -OCH3 is 1. The van der Waals surface area contributed by atoms with E-state index in [0.717, 1.165) is 11.3 Å². The van der Waals surface area contributed by atoms with E-state index in [9.17, 15) is 13.2 Å². The van der Waals surface area contributed by atoms with Gasteiger partial charge in [0, 0.05) is 23.6 Å². The van der Waals surface area contributed by atoms with Crippen molar-refractivity contribution in [3.05, 3.63) is 83.5 Å². The van der Waals surface area contributed by atoms with E-state index < -0.39 is 15.9 Å². The summed E-state index contributed by atoms with van der Waals surface area (Å²) in [5.41, 5.74) is 2.32. The normalized spacial score (nSPS) is 11.1. The Bertz CT molecular complexity index is 1450. The van der Waals surface area contributed by atoms with Crippen LogP contribution in [0.15, 0.2) is 70.3 Å². The van der Waals surface area contributed by atoms with Gasteiger partial charge in [-0.3, -0.25) is 4.79 Å². The summed E-state index contributed by atoms with van der Waals surface area (Å²) in [6.07, 6.45) is 2.85. The number of ether oxygens (including phenoxy) is 2. The summed E-state index contributed by atoms with van der Waals surface area (Å²) in [5, 5.41) is 6.63. The second-order valence-electron chi connectivity index (χ2n) is 7.61. The number of anilines is 2. The number of hydrogen-bond donors (Lipinski definition) is 2. The fourth-order valence-corrected chi connectivity index (χ4v) is 4.20. The van der Waals surface area contributed by atoms with Gasteiger partial charge < -0.3 is 19.3 Å². The highest BCUT2D eigenvalue weighted by Gasteiger charge is 2.17. The van der Waals surface area contributed by atoms with Crippen LogP contribution in [-0.2, 0) is 16.6 Å². The number of nitrogens with zero attached hydrogens (tertiary/aromatic N) is 3. The van der Waals surface area contributed by atoms with E-state index >= 15 is 0 Å². The van der Waals surface area contributed by atoms with Gasteiger partial charge in [-0.1, -0.05) is 5.16 Å². The molecule has 0 saturated carbocycles. The van der Waals surface area contributed by atoms with Crippen LogP contribution >= 0.6 is 0 Å². The van der Waals surface area contributed by atoms with Crippen molar-refractivity contribution in [1.29, 1.82) is 0 Å². The Hall–Kier alpha value is -4.45. The molecule has 0 aliphatic heterocycles. The van der Waals surface area contributed by atoms with Gasteiger partial charge in [0.2, 0.25) is 5.95 Å². The molecule has 2 aromatic heterocycles. The van der Waals surface area contributed by atoms with Crippen LogP contribution in [0.4, 0.5) is 11.6 Å². The zero-order valence-electron chi connectivity index (χ0n) is 19.7. The summed E-state index contributed by atoms with van der Waals surface area (Å²) in [7, 11) is -2.40. The van der Waals surface area contributed by atoms with E-state index in [2.05, 4.69) is 25.2 Å². The molecule has 0 fully saturated rings. The summed E-state index contributed by atoms with van der Waals surface area (Å²) in [5.74, 6) is 1.06. The lowest BCUT2D eigenvalue weighted by Crippen LogP contribution is -2.15. The zero-order valence-corrected chi connectivity index (χ0v) is 20.5. The van der Waals surface area contributed by atoms with E-state index in [4.69, 9.17) is 14.0 Å². The molecule has 0 saturated heterocycles. The minimum atomic E-state index is -3.88. The fourth-order valence-electron chi connectivity index (χ4n) is 3.24. The number of sulfonamides is 1. The standard InChI is InChI=1S/C24H23N5O6S/c1-15-20(16(2)35-28-15)14-34-21-10-5-17(13-22(21)33-3)23(30)27-18-6-8-19(9-7-18)36(31,32)29-24-25-11-4-12-26-24/h4-13H,14H2,1-3H3,(H,27,30)(H,25,26,29). The Kier molecular flexibility index (Phi) is 7.15. The first-order valence-corrected chi connectivity index (χ1v) is 12.2. The Morgan fingerprint density at radius 3 is 2.39 bits per heavy atom. The van der Waals surface area contributed by atoms with Crippen molar-refractivity contribution in [3.8, 4) is 11.5 Å². The molecule has 36 heavy (non-hydrogen) atoms. The van der Waals surface area contributed by atoms with E-state index in [1.54, 1.807) is 31.2 Å². The van der Waals surface area contributed by atoms with Crippen molar-refractivity contribution >= 4 is 27.6 Å². The third-order valence-electron chi connectivity index (χ3n) is 5.19. The summed E-state index contributed by atoms with van der Waals surface area (Å²) in [6.45, 7) is 3.87. The lowest BCUT2D eigenvalue weighted by molar-refractivity contribution is 0.102. The minimum absolute atomic E-state index is 0.00517. The van der Waals surface area contributed by atoms with Crippen LogP contribution in [0.2, 0.25) is 0 Å². The number of carbonyl (C=O) groups excluding carboxylic acids is 1. The van der Waals surface area contributed by atoms with Crippen LogP contribution in [0.1, 0.15) is 27.4 Å². The molecule has 11 nitrogen and oxygen atoms in total. The summed E-state index contributed by atoms with van der Waals surface area (Å²) in [4.78, 5) is 20.5. The molecule has 0 unspecified atom stereocenters. The van der Waals surface area contributed by atoms with Crippen molar-refractivity contribution in [2.75, 3.05) is 17.1 Å². The number of rotatable bonds is 9. The molecule has 4 rings (SSSR count). The lowest BCUT2D eigenvalue weighted by atomic mass is 10.1. The quantitative estimate of drug-likeness (QED) is 0.345. The number of amides is 1. The summed E-state index contributed by atoms with van der Waals surface area (Å²) < 4.78 is 43.7. The molecule has 0 spiro atoms. The molecule has 0 radical (unpaired) electrons. The topological polar surface area (TPSA) is 146 Å². The molecule has 1 amide bonds. The molecule has 0 aliphatic carbocycles. The van der Waals surface area contributed by atoms with Crippen LogP contribution < -0.4 is 19.5 Å². The molecule has 2 heterocycles. The summed E-state index contributed by atoms with van der Waals surface area (Å²) in [6, 6.07) is 12.1. The van der Waals surface area contributed by atoms with Gasteiger partial charge in [-0.15, -0.1) is 0 Å². The Morgan fingerprint density at radius 1 is 1.03 bits per heavy atom. The highest BCUT2D eigenvalue weighted by Crippen LogP contribution is 2.30. The van der Waals surface area contributed by atoms with Crippen LogP contribution in [0.25, 0.3) is 0 Å². The molecule has 2 N–H and O–H groups in total.